The van der Waals surface area contributed by atoms with E-state index in [2.05, 4.69) is 10.3 Å². The van der Waals surface area contributed by atoms with Crippen molar-refractivity contribution in [3.8, 4) is 0 Å². The summed E-state index contributed by atoms with van der Waals surface area (Å²) < 4.78 is 4.96. The maximum absolute atomic E-state index is 13.3. The number of urea groups is 1. The lowest BCUT2D eigenvalue weighted by atomic mass is 10.1. The van der Waals surface area contributed by atoms with E-state index in [1.165, 1.54) is 4.90 Å². The number of para-hydroxylation sites is 1. The zero-order valence-electron chi connectivity index (χ0n) is 19.1. The van der Waals surface area contributed by atoms with Gasteiger partial charge in [0.25, 0.3) is 5.91 Å². The molecule has 3 aromatic rings. The summed E-state index contributed by atoms with van der Waals surface area (Å²) >= 11 is 0. The average Bonchev–Trinajstić information content (AvgIpc) is 3.09. The molecule has 0 bridgehead atoms. The van der Waals surface area contributed by atoms with Crippen LogP contribution in [0.1, 0.15) is 29.3 Å². The van der Waals surface area contributed by atoms with Crippen LogP contribution in [0, 0.1) is 0 Å². The molecule has 0 spiro atoms. The largest absolute Gasteiger partial charge is 0.462 e. The Morgan fingerprint density at radius 1 is 1.00 bits per heavy atom. The zero-order chi connectivity index (χ0) is 24.8. The number of hydrogen-bond donors (Lipinski definition) is 1. The lowest BCUT2D eigenvalue weighted by molar-refractivity contribution is -0.124. The number of amides is 4. The molecule has 35 heavy (non-hydrogen) atoms. The molecule has 9 heteroatoms. The second kappa shape index (κ2) is 10.6. The van der Waals surface area contributed by atoms with Crippen LogP contribution in [-0.4, -0.2) is 46.3 Å². The molecule has 1 aliphatic heterocycles. The Labute approximate surface area is 202 Å². The fraction of sp³-hybridized carbons (Fsp3) is 0.192. The number of benzene rings is 2. The van der Waals surface area contributed by atoms with Crippen molar-refractivity contribution in [1.29, 1.82) is 0 Å². The van der Waals surface area contributed by atoms with E-state index in [1.54, 1.807) is 86.0 Å². The van der Waals surface area contributed by atoms with E-state index in [-0.39, 0.29) is 19.6 Å². The summed E-state index contributed by atoms with van der Waals surface area (Å²) in [5.41, 5.74) is 2.00. The number of imide groups is 1. The third-order valence-electron chi connectivity index (χ3n) is 5.47. The van der Waals surface area contributed by atoms with Crippen LogP contribution in [-0.2, 0) is 20.9 Å². The van der Waals surface area contributed by atoms with Crippen molar-refractivity contribution in [2.75, 3.05) is 16.8 Å². The highest BCUT2D eigenvalue weighted by Gasteiger charge is 2.46. The Bertz CT molecular complexity index is 1220. The Kier molecular flexibility index (Phi) is 7.15. The number of nitrogens with one attached hydrogen (secondary N) is 1. The van der Waals surface area contributed by atoms with Gasteiger partial charge in [0.15, 0.2) is 0 Å². The van der Waals surface area contributed by atoms with Crippen LogP contribution >= 0.6 is 0 Å². The first kappa shape index (κ1) is 23.6. The number of nitrogens with zero attached hydrogens (tertiary/aromatic N) is 3. The lowest BCUT2D eigenvalue weighted by Crippen LogP contribution is -2.37. The van der Waals surface area contributed by atoms with Crippen LogP contribution < -0.4 is 10.2 Å². The maximum atomic E-state index is 13.3. The van der Waals surface area contributed by atoms with Crippen LogP contribution in [0.5, 0.6) is 0 Å². The molecule has 1 aromatic heterocycles. The number of carbonyl (C=O) groups excluding carboxylic acids is 4. The summed E-state index contributed by atoms with van der Waals surface area (Å²) in [6.07, 6.45) is 3.01. The van der Waals surface area contributed by atoms with Gasteiger partial charge in [0.2, 0.25) is 5.91 Å². The zero-order valence-corrected chi connectivity index (χ0v) is 19.1. The molecule has 1 fully saturated rings. The molecule has 1 atom stereocenters. The Morgan fingerprint density at radius 2 is 1.74 bits per heavy atom. The van der Waals surface area contributed by atoms with Crippen molar-refractivity contribution < 1.29 is 23.9 Å². The molecule has 0 radical (unpaired) electrons. The van der Waals surface area contributed by atoms with Crippen molar-refractivity contribution in [3.05, 3.63) is 90.3 Å². The quantitative estimate of drug-likeness (QED) is 0.396. The minimum absolute atomic E-state index is 0.133. The number of rotatable bonds is 8. The van der Waals surface area contributed by atoms with E-state index in [0.29, 0.717) is 16.9 Å². The SMILES string of the molecule is CCOC(=O)c1ccc(NC(=O)C[C@H]2C(=O)N(c3ccccc3)C(=O)N2Cc2cccnc2)cc1. The first-order valence-corrected chi connectivity index (χ1v) is 11.1. The van der Waals surface area contributed by atoms with Crippen molar-refractivity contribution in [3.63, 3.8) is 0 Å². The molecule has 4 rings (SSSR count). The highest BCUT2D eigenvalue weighted by Crippen LogP contribution is 2.28. The van der Waals surface area contributed by atoms with E-state index in [9.17, 15) is 19.2 Å². The number of anilines is 2. The van der Waals surface area contributed by atoms with Gasteiger partial charge in [-0.15, -0.1) is 0 Å². The molecule has 0 saturated carbocycles. The fourth-order valence-electron chi connectivity index (χ4n) is 3.81. The highest BCUT2D eigenvalue weighted by molar-refractivity contribution is 6.22. The van der Waals surface area contributed by atoms with E-state index in [4.69, 9.17) is 4.74 Å². The first-order chi connectivity index (χ1) is 17.0. The second-order valence-electron chi connectivity index (χ2n) is 7.85. The van der Waals surface area contributed by atoms with Gasteiger partial charge in [-0.3, -0.25) is 14.6 Å². The van der Waals surface area contributed by atoms with Crippen LogP contribution in [0.2, 0.25) is 0 Å². The molecule has 4 amide bonds. The molecule has 2 aromatic carbocycles. The Hall–Kier alpha value is -4.53. The van der Waals surface area contributed by atoms with E-state index < -0.39 is 29.9 Å². The molecule has 1 saturated heterocycles. The standard InChI is InChI=1S/C26H24N4O5/c1-2-35-25(33)19-10-12-20(13-11-19)28-23(31)15-22-24(32)30(21-8-4-3-5-9-21)26(34)29(22)17-18-7-6-14-27-16-18/h3-14,16,22H,2,15,17H2,1H3,(H,28,31)/t22-/m0/s1. The summed E-state index contributed by atoms with van der Waals surface area (Å²) in [7, 11) is 0. The number of pyridine rings is 1. The predicted octanol–water partition coefficient (Wildman–Crippen LogP) is 3.62. The molecular weight excluding hydrogens is 448 g/mol. The number of aromatic nitrogens is 1. The van der Waals surface area contributed by atoms with E-state index in [1.807, 2.05) is 0 Å². The van der Waals surface area contributed by atoms with Gasteiger partial charge in [0.1, 0.15) is 6.04 Å². The topological polar surface area (TPSA) is 109 Å². The van der Waals surface area contributed by atoms with Crippen molar-refractivity contribution in [1.82, 2.24) is 9.88 Å². The number of esters is 1. The molecule has 2 heterocycles. The van der Waals surface area contributed by atoms with Gasteiger partial charge in [0, 0.05) is 24.6 Å². The van der Waals surface area contributed by atoms with Crippen molar-refractivity contribution >= 4 is 35.2 Å². The lowest BCUT2D eigenvalue weighted by Gasteiger charge is -2.21. The third kappa shape index (κ3) is 5.35. The average molecular weight is 473 g/mol. The molecular formula is C26H24N4O5. The van der Waals surface area contributed by atoms with Gasteiger partial charge in [-0.25, -0.2) is 14.5 Å². The van der Waals surface area contributed by atoms with Crippen LogP contribution in [0.15, 0.2) is 79.1 Å². The van der Waals surface area contributed by atoms with Gasteiger partial charge < -0.3 is 15.0 Å². The number of carbonyl (C=O) groups is 4. The maximum Gasteiger partial charge on any atom is 0.338 e. The molecule has 1 N–H and O–H groups in total. The minimum Gasteiger partial charge on any atom is -0.462 e. The molecule has 178 valence electrons. The number of ether oxygens (including phenoxy) is 1. The van der Waals surface area contributed by atoms with Gasteiger partial charge in [-0.1, -0.05) is 24.3 Å². The molecule has 1 aliphatic rings. The summed E-state index contributed by atoms with van der Waals surface area (Å²) in [6, 6.07) is 16.9. The smallest absolute Gasteiger partial charge is 0.338 e. The first-order valence-electron chi connectivity index (χ1n) is 11.1. The van der Waals surface area contributed by atoms with Crippen molar-refractivity contribution in [2.24, 2.45) is 0 Å². The fourth-order valence-corrected chi connectivity index (χ4v) is 3.81. The van der Waals surface area contributed by atoms with E-state index in [0.717, 1.165) is 10.5 Å². The summed E-state index contributed by atoms with van der Waals surface area (Å²) in [5, 5.41) is 2.73. The van der Waals surface area contributed by atoms with Gasteiger partial charge in [-0.05, 0) is 55.0 Å². The summed E-state index contributed by atoms with van der Waals surface area (Å²) in [4.78, 5) is 57.8. The normalized spacial score (nSPS) is 15.3. The Balaban J connectivity index is 1.52. The molecule has 0 aliphatic carbocycles. The van der Waals surface area contributed by atoms with Crippen LogP contribution in [0.4, 0.5) is 16.2 Å². The van der Waals surface area contributed by atoms with Gasteiger partial charge in [0.05, 0.1) is 24.3 Å². The van der Waals surface area contributed by atoms with Crippen LogP contribution in [0.3, 0.4) is 0 Å². The third-order valence-corrected chi connectivity index (χ3v) is 5.47. The van der Waals surface area contributed by atoms with E-state index >= 15 is 0 Å². The van der Waals surface area contributed by atoms with Gasteiger partial charge in [-0.2, -0.15) is 0 Å². The minimum atomic E-state index is -0.985. The molecule has 9 nitrogen and oxygen atoms in total. The van der Waals surface area contributed by atoms with Crippen LogP contribution in [0.25, 0.3) is 0 Å². The monoisotopic (exact) mass is 472 g/mol. The number of hydrogen-bond acceptors (Lipinski definition) is 6. The summed E-state index contributed by atoms with van der Waals surface area (Å²) in [6.45, 7) is 2.12. The Morgan fingerprint density at radius 3 is 2.40 bits per heavy atom. The predicted molar refractivity (Wildman–Crippen MR) is 129 cm³/mol. The second-order valence-corrected chi connectivity index (χ2v) is 7.85. The molecule has 0 unspecified atom stereocenters. The van der Waals surface area contributed by atoms with Crippen molar-refractivity contribution in [2.45, 2.75) is 25.9 Å². The van der Waals surface area contributed by atoms with Gasteiger partial charge >= 0.3 is 12.0 Å². The highest BCUT2D eigenvalue weighted by atomic mass is 16.5. The summed E-state index contributed by atoms with van der Waals surface area (Å²) in [5.74, 6) is -1.36.